The van der Waals surface area contributed by atoms with Crippen molar-refractivity contribution >= 4 is 5.69 Å². The predicted molar refractivity (Wildman–Crippen MR) is 67.3 cm³/mol. The van der Waals surface area contributed by atoms with Crippen molar-refractivity contribution in [2.75, 3.05) is 5.32 Å². The number of rotatable bonds is 3. The fourth-order valence-corrected chi connectivity index (χ4v) is 1.98. The van der Waals surface area contributed by atoms with Crippen molar-refractivity contribution in [1.29, 1.82) is 0 Å². The van der Waals surface area contributed by atoms with E-state index < -0.39 is 35.3 Å². The smallest absolute Gasteiger partial charge is 0.253 e. The highest BCUT2D eigenvalue weighted by molar-refractivity contribution is 5.48. The molecule has 2 nitrogen and oxygen atoms in total. The lowest BCUT2D eigenvalue weighted by molar-refractivity contribution is 0.410. The molecule has 0 amide bonds. The molecule has 0 aliphatic rings. The first-order valence-electron chi connectivity index (χ1n) is 5.94. The first kappa shape index (κ1) is 14.3. The van der Waals surface area contributed by atoms with Crippen LogP contribution in [-0.2, 0) is 0 Å². The van der Waals surface area contributed by atoms with Crippen molar-refractivity contribution in [3.05, 3.63) is 58.9 Å². The van der Waals surface area contributed by atoms with Gasteiger partial charge in [0.05, 0.1) is 0 Å². The average molecular weight is 284 g/mol. The van der Waals surface area contributed by atoms with E-state index in [1.54, 1.807) is 19.1 Å². The molecule has 2 aromatic rings. The van der Waals surface area contributed by atoms with Crippen molar-refractivity contribution in [3.8, 4) is 0 Å². The van der Waals surface area contributed by atoms with Crippen LogP contribution >= 0.6 is 0 Å². The van der Waals surface area contributed by atoms with E-state index in [9.17, 15) is 17.6 Å². The van der Waals surface area contributed by atoms with Crippen LogP contribution in [-0.4, -0.2) is 4.98 Å². The molecule has 0 saturated carbocycles. The Morgan fingerprint density at radius 2 is 1.55 bits per heavy atom. The zero-order valence-corrected chi connectivity index (χ0v) is 10.8. The van der Waals surface area contributed by atoms with E-state index in [1.165, 1.54) is 0 Å². The van der Waals surface area contributed by atoms with Crippen LogP contribution in [0.2, 0.25) is 0 Å². The van der Waals surface area contributed by atoms with E-state index in [-0.39, 0.29) is 0 Å². The average Bonchev–Trinajstić information content (AvgIpc) is 2.41. The normalized spacial score (nSPS) is 12.3. The minimum Gasteiger partial charge on any atom is -0.373 e. The lowest BCUT2D eigenvalue weighted by Crippen LogP contribution is -2.13. The first-order chi connectivity index (χ1) is 9.41. The number of nitrogens with zero attached hydrogens (tertiary/aromatic N) is 1. The lowest BCUT2D eigenvalue weighted by atomic mass is 10.0. The third-order valence-electron chi connectivity index (χ3n) is 3.01. The Hall–Kier alpha value is -2.11. The first-order valence-corrected chi connectivity index (χ1v) is 5.94. The molecule has 20 heavy (non-hydrogen) atoms. The van der Waals surface area contributed by atoms with Gasteiger partial charge < -0.3 is 5.32 Å². The van der Waals surface area contributed by atoms with E-state index in [0.717, 1.165) is 11.1 Å². The molecule has 1 unspecified atom stereocenters. The highest BCUT2D eigenvalue weighted by Crippen LogP contribution is 2.27. The van der Waals surface area contributed by atoms with Gasteiger partial charge in [-0.05, 0) is 25.0 Å². The number of nitrogens with one attached hydrogen (secondary N) is 1. The number of anilines is 1. The Balaban J connectivity index is 2.38. The molecule has 0 aliphatic carbocycles. The summed E-state index contributed by atoms with van der Waals surface area (Å²) in [5, 5.41) is 2.45. The van der Waals surface area contributed by atoms with Crippen molar-refractivity contribution in [3.63, 3.8) is 0 Å². The Kier molecular flexibility index (Phi) is 3.92. The van der Waals surface area contributed by atoms with Gasteiger partial charge in [0, 0.05) is 6.04 Å². The van der Waals surface area contributed by atoms with Crippen LogP contribution in [0.3, 0.4) is 0 Å². The van der Waals surface area contributed by atoms with E-state index in [1.807, 2.05) is 19.1 Å². The molecule has 1 aromatic heterocycles. The van der Waals surface area contributed by atoms with Crippen LogP contribution in [0.1, 0.15) is 24.1 Å². The minimum absolute atomic E-state index is 0.526. The predicted octanol–water partition coefficient (Wildman–Crippen LogP) is 4.12. The molecule has 2 rings (SSSR count). The minimum atomic E-state index is -1.68. The quantitative estimate of drug-likeness (QED) is 0.677. The second-order valence-corrected chi connectivity index (χ2v) is 4.42. The fourth-order valence-electron chi connectivity index (χ4n) is 1.98. The number of benzene rings is 1. The number of hydrogen-bond donors (Lipinski definition) is 1. The SMILES string of the molecule is Cc1ccccc1C(C)Nc1c(F)c(F)nc(F)c1F. The van der Waals surface area contributed by atoms with Gasteiger partial charge in [0.15, 0.2) is 0 Å². The highest BCUT2D eigenvalue weighted by Gasteiger charge is 2.22. The van der Waals surface area contributed by atoms with Gasteiger partial charge in [-0.1, -0.05) is 24.3 Å². The summed E-state index contributed by atoms with van der Waals surface area (Å²) >= 11 is 0. The van der Waals surface area contributed by atoms with Crippen molar-refractivity contribution in [2.24, 2.45) is 0 Å². The van der Waals surface area contributed by atoms with Gasteiger partial charge in [0.25, 0.3) is 11.9 Å². The molecule has 0 bridgehead atoms. The second-order valence-electron chi connectivity index (χ2n) is 4.42. The van der Waals surface area contributed by atoms with E-state index in [2.05, 4.69) is 10.3 Å². The van der Waals surface area contributed by atoms with Gasteiger partial charge in [-0.15, -0.1) is 0 Å². The molecule has 1 heterocycles. The van der Waals surface area contributed by atoms with E-state index >= 15 is 0 Å². The van der Waals surface area contributed by atoms with Crippen LogP contribution in [0.5, 0.6) is 0 Å². The van der Waals surface area contributed by atoms with Gasteiger partial charge in [-0.2, -0.15) is 22.5 Å². The molecule has 1 N–H and O–H groups in total. The summed E-state index contributed by atoms with van der Waals surface area (Å²) in [4.78, 5) is 2.51. The maximum absolute atomic E-state index is 13.5. The molecule has 0 spiro atoms. The molecule has 0 fully saturated rings. The Labute approximate surface area is 113 Å². The van der Waals surface area contributed by atoms with Crippen LogP contribution < -0.4 is 5.32 Å². The summed E-state index contributed by atoms with van der Waals surface area (Å²) in [6.45, 7) is 3.46. The number of pyridine rings is 1. The fraction of sp³-hybridized carbons (Fsp3) is 0.214. The molecular formula is C14H12F4N2. The molecule has 106 valence electrons. The number of halogens is 4. The summed E-state index contributed by atoms with van der Waals surface area (Å²) in [7, 11) is 0. The van der Waals surface area contributed by atoms with Crippen molar-refractivity contribution in [2.45, 2.75) is 19.9 Å². The zero-order chi connectivity index (χ0) is 14.9. The van der Waals surface area contributed by atoms with Gasteiger partial charge in [0.2, 0.25) is 11.6 Å². The standard InChI is InChI=1S/C14H12F4N2/c1-7-5-3-4-6-9(7)8(2)19-12-10(15)13(17)20-14(18)11(12)16/h3-6,8H,1-2H3,(H,19,20). The molecule has 0 saturated heterocycles. The third kappa shape index (κ3) is 2.59. The lowest BCUT2D eigenvalue weighted by Gasteiger charge is -2.18. The molecule has 1 aromatic carbocycles. The van der Waals surface area contributed by atoms with E-state index in [0.29, 0.717) is 0 Å². The Bertz CT molecular complexity index is 617. The molecule has 0 aliphatic heterocycles. The van der Waals surface area contributed by atoms with Gasteiger partial charge >= 0.3 is 0 Å². The highest BCUT2D eigenvalue weighted by atomic mass is 19.2. The van der Waals surface area contributed by atoms with Crippen LogP contribution in [0.15, 0.2) is 24.3 Å². The van der Waals surface area contributed by atoms with E-state index in [4.69, 9.17) is 0 Å². The van der Waals surface area contributed by atoms with Crippen LogP contribution in [0.4, 0.5) is 23.2 Å². The van der Waals surface area contributed by atoms with Crippen LogP contribution in [0.25, 0.3) is 0 Å². The molecular weight excluding hydrogens is 272 g/mol. The van der Waals surface area contributed by atoms with Crippen molar-refractivity contribution in [1.82, 2.24) is 4.98 Å². The summed E-state index contributed by atoms with van der Waals surface area (Å²) in [6, 6.07) is 6.64. The largest absolute Gasteiger partial charge is 0.373 e. The zero-order valence-electron chi connectivity index (χ0n) is 10.8. The van der Waals surface area contributed by atoms with Crippen LogP contribution in [0, 0.1) is 30.5 Å². The molecule has 6 heteroatoms. The Morgan fingerprint density at radius 1 is 1.00 bits per heavy atom. The summed E-state index contributed by atoms with van der Waals surface area (Å²) in [5.41, 5.74) is 0.804. The molecule has 0 radical (unpaired) electrons. The number of aromatic nitrogens is 1. The summed E-state index contributed by atoms with van der Waals surface area (Å²) in [5.74, 6) is -6.43. The van der Waals surface area contributed by atoms with Gasteiger partial charge in [-0.25, -0.2) is 0 Å². The Morgan fingerprint density at radius 3 is 2.10 bits per heavy atom. The maximum Gasteiger partial charge on any atom is 0.253 e. The van der Waals surface area contributed by atoms with Gasteiger partial charge in [-0.3, -0.25) is 0 Å². The topological polar surface area (TPSA) is 24.9 Å². The summed E-state index contributed by atoms with van der Waals surface area (Å²) in [6.07, 6.45) is 0. The van der Waals surface area contributed by atoms with Crippen molar-refractivity contribution < 1.29 is 17.6 Å². The number of hydrogen-bond acceptors (Lipinski definition) is 2. The number of aryl methyl sites for hydroxylation is 1. The third-order valence-corrected chi connectivity index (χ3v) is 3.01. The monoisotopic (exact) mass is 284 g/mol. The van der Waals surface area contributed by atoms with Gasteiger partial charge in [0.1, 0.15) is 5.69 Å². The maximum atomic E-state index is 13.5. The molecule has 1 atom stereocenters. The summed E-state index contributed by atoms with van der Waals surface area (Å²) < 4.78 is 53.1. The second kappa shape index (κ2) is 5.48.